The van der Waals surface area contributed by atoms with Crippen LogP contribution in [0.3, 0.4) is 0 Å². The van der Waals surface area contributed by atoms with E-state index in [1.165, 1.54) is 13.3 Å². The van der Waals surface area contributed by atoms with Crippen LogP contribution < -0.4 is 20.4 Å². The van der Waals surface area contributed by atoms with Gasteiger partial charge < -0.3 is 24.6 Å². The molecule has 2 aromatic rings. The number of rotatable bonds is 8. The largest absolute Gasteiger partial charge is 0.492 e. The van der Waals surface area contributed by atoms with Gasteiger partial charge in [0.1, 0.15) is 11.3 Å². The molecule has 2 fully saturated rings. The number of anilines is 1. The third-order valence-corrected chi connectivity index (χ3v) is 6.52. The number of carboxylic acid groups (broad SMARTS) is 1. The summed E-state index contributed by atoms with van der Waals surface area (Å²) in [5.74, 6) is -1.38. The van der Waals surface area contributed by atoms with E-state index < -0.39 is 17.2 Å². The van der Waals surface area contributed by atoms with E-state index in [0.717, 1.165) is 25.3 Å². The maximum atomic E-state index is 15.4. The van der Waals surface area contributed by atoms with Gasteiger partial charge in [-0.25, -0.2) is 9.18 Å². The molecular weight excluding hydrogens is 415 g/mol. The molecule has 2 atom stereocenters. The molecular formula is C23H27FN4O4. The zero-order valence-corrected chi connectivity index (χ0v) is 18.2. The summed E-state index contributed by atoms with van der Waals surface area (Å²) < 4.78 is 22.8. The molecule has 0 unspecified atom stereocenters. The summed E-state index contributed by atoms with van der Waals surface area (Å²) in [5, 5.41) is 21.6. The molecule has 9 heteroatoms. The van der Waals surface area contributed by atoms with Gasteiger partial charge in [-0.2, -0.15) is 5.26 Å². The van der Waals surface area contributed by atoms with Gasteiger partial charge in [0.15, 0.2) is 11.6 Å². The van der Waals surface area contributed by atoms with Crippen molar-refractivity contribution in [1.82, 2.24) is 9.88 Å². The zero-order chi connectivity index (χ0) is 23.0. The first kappa shape index (κ1) is 22.1. The summed E-state index contributed by atoms with van der Waals surface area (Å²) in [6.07, 6.45) is 4.39. The number of aromatic carboxylic acids is 1. The van der Waals surface area contributed by atoms with Gasteiger partial charge in [-0.15, -0.1) is 0 Å². The second kappa shape index (κ2) is 8.79. The molecule has 2 aliphatic rings. The Morgan fingerprint density at radius 2 is 2.19 bits per heavy atom. The van der Waals surface area contributed by atoms with Crippen LogP contribution in [-0.4, -0.2) is 48.4 Å². The summed E-state index contributed by atoms with van der Waals surface area (Å²) in [7, 11) is 1.45. The maximum Gasteiger partial charge on any atom is 0.341 e. The van der Waals surface area contributed by atoms with E-state index in [1.54, 1.807) is 4.57 Å². The average Bonchev–Trinajstić information content (AvgIpc) is 3.49. The number of nitriles is 1. The number of aromatic nitrogens is 1. The number of fused-ring (bicyclic) bond motifs is 1. The first-order valence-corrected chi connectivity index (χ1v) is 10.9. The third-order valence-electron chi connectivity index (χ3n) is 6.52. The predicted octanol–water partition coefficient (Wildman–Crippen LogP) is 2.90. The van der Waals surface area contributed by atoms with Gasteiger partial charge >= 0.3 is 5.97 Å². The lowest BCUT2D eigenvalue weighted by atomic mass is 10.0. The molecule has 1 aromatic carbocycles. The number of benzene rings is 1. The SMILES string of the molecule is COc1c(N2CC[C@H]([C@@H](C)NCCC#N)C2)c(F)cc2c(=O)c(C(=O)O)cn(C3CC3)c12. The molecule has 1 saturated carbocycles. The van der Waals surface area contributed by atoms with Gasteiger partial charge in [-0.3, -0.25) is 4.79 Å². The predicted molar refractivity (Wildman–Crippen MR) is 118 cm³/mol. The molecule has 2 N–H and O–H groups in total. The van der Waals surface area contributed by atoms with E-state index >= 15 is 4.39 Å². The monoisotopic (exact) mass is 442 g/mol. The van der Waals surface area contributed by atoms with Gasteiger partial charge in [0.25, 0.3) is 0 Å². The Hall–Kier alpha value is -3.12. The highest BCUT2D eigenvalue weighted by Gasteiger charge is 2.34. The highest BCUT2D eigenvalue weighted by Crippen LogP contribution is 2.44. The summed E-state index contributed by atoms with van der Waals surface area (Å²) in [6, 6.07) is 3.52. The Labute approximate surface area is 185 Å². The number of hydrogen-bond acceptors (Lipinski definition) is 6. The van der Waals surface area contributed by atoms with Crippen molar-refractivity contribution in [3.63, 3.8) is 0 Å². The molecule has 1 aromatic heterocycles. The summed E-state index contributed by atoms with van der Waals surface area (Å²) in [6.45, 7) is 3.92. The quantitative estimate of drug-likeness (QED) is 0.605. The van der Waals surface area contributed by atoms with Crippen LogP contribution in [0.25, 0.3) is 10.9 Å². The number of ether oxygens (including phenoxy) is 1. The molecule has 0 amide bonds. The van der Waals surface area contributed by atoms with E-state index in [0.29, 0.717) is 37.3 Å². The van der Waals surface area contributed by atoms with Crippen LogP contribution in [0.1, 0.15) is 49.0 Å². The highest BCUT2D eigenvalue weighted by molar-refractivity contribution is 5.97. The third kappa shape index (κ3) is 3.91. The Bertz CT molecular complexity index is 1150. The first-order valence-electron chi connectivity index (χ1n) is 10.9. The van der Waals surface area contributed by atoms with Crippen LogP contribution in [0.4, 0.5) is 10.1 Å². The van der Waals surface area contributed by atoms with Crippen LogP contribution >= 0.6 is 0 Å². The fraction of sp³-hybridized carbons (Fsp3) is 0.522. The topological polar surface area (TPSA) is 108 Å². The molecule has 0 spiro atoms. The maximum absolute atomic E-state index is 15.4. The number of pyridine rings is 1. The minimum absolute atomic E-state index is 0.0252. The smallest absolute Gasteiger partial charge is 0.341 e. The van der Waals surface area contributed by atoms with E-state index in [-0.39, 0.29) is 34.7 Å². The summed E-state index contributed by atoms with van der Waals surface area (Å²) >= 11 is 0. The molecule has 1 aliphatic carbocycles. The van der Waals surface area contributed by atoms with Gasteiger partial charge in [-0.1, -0.05) is 0 Å². The van der Waals surface area contributed by atoms with Gasteiger partial charge in [-0.05, 0) is 38.2 Å². The summed E-state index contributed by atoms with van der Waals surface area (Å²) in [4.78, 5) is 26.4. The van der Waals surface area contributed by atoms with Crippen molar-refractivity contribution in [2.24, 2.45) is 5.92 Å². The van der Waals surface area contributed by atoms with E-state index in [9.17, 15) is 14.7 Å². The standard InChI is InChI=1S/C23H27FN4O4/c1-13(26-8-3-7-25)14-6-9-27(11-14)20-18(24)10-16-19(22(20)32-2)28(15-4-5-15)12-17(21(16)29)23(30)31/h10,12-15,26H,3-6,8-9,11H2,1-2H3,(H,30,31)/t13-,14+/m1/s1. The zero-order valence-electron chi connectivity index (χ0n) is 18.2. The van der Waals surface area contributed by atoms with Crippen LogP contribution in [0.15, 0.2) is 17.1 Å². The van der Waals surface area contributed by atoms with Crippen LogP contribution in [-0.2, 0) is 0 Å². The van der Waals surface area contributed by atoms with Gasteiger partial charge in [0.2, 0.25) is 5.43 Å². The van der Waals surface area contributed by atoms with Crippen molar-refractivity contribution in [1.29, 1.82) is 5.26 Å². The lowest BCUT2D eigenvalue weighted by molar-refractivity contribution is 0.0695. The van der Waals surface area contributed by atoms with E-state index in [4.69, 9.17) is 10.00 Å². The first-order chi connectivity index (χ1) is 15.4. The van der Waals surface area contributed by atoms with Crippen molar-refractivity contribution < 1.29 is 19.0 Å². The second-order valence-corrected chi connectivity index (χ2v) is 8.60. The lowest BCUT2D eigenvalue weighted by Crippen LogP contribution is -2.36. The van der Waals surface area contributed by atoms with Gasteiger partial charge in [0.05, 0.1) is 24.1 Å². The average molecular weight is 442 g/mol. The summed E-state index contributed by atoms with van der Waals surface area (Å²) in [5.41, 5.74) is -0.312. The van der Waals surface area contributed by atoms with Crippen LogP contribution in [0.2, 0.25) is 0 Å². The number of methoxy groups -OCH3 is 1. The van der Waals surface area contributed by atoms with E-state index in [1.807, 2.05) is 4.90 Å². The normalized spacial score (nSPS) is 19.2. The molecule has 2 heterocycles. The molecule has 1 aliphatic heterocycles. The fourth-order valence-corrected chi connectivity index (χ4v) is 4.65. The fourth-order valence-electron chi connectivity index (χ4n) is 4.65. The molecule has 1 saturated heterocycles. The Morgan fingerprint density at radius 3 is 2.81 bits per heavy atom. The number of nitrogens with one attached hydrogen (secondary N) is 1. The number of carboxylic acids is 1. The number of nitrogens with zero attached hydrogens (tertiary/aromatic N) is 3. The molecule has 8 nitrogen and oxygen atoms in total. The van der Waals surface area contributed by atoms with Crippen LogP contribution in [0, 0.1) is 23.1 Å². The van der Waals surface area contributed by atoms with Crippen molar-refractivity contribution in [2.75, 3.05) is 31.6 Å². The van der Waals surface area contributed by atoms with Crippen molar-refractivity contribution in [3.05, 3.63) is 33.9 Å². The minimum Gasteiger partial charge on any atom is -0.492 e. The Balaban J connectivity index is 1.77. The molecule has 170 valence electrons. The number of halogens is 1. The molecule has 4 rings (SSSR count). The number of carbonyl (C=O) groups is 1. The van der Waals surface area contributed by atoms with Crippen molar-refractivity contribution >= 4 is 22.6 Å². The van der Waals surface area contributed by atoms with Crippen molar-refractivity contribution in [3.8, 4) is 11.8 Å². The minimum atomic E-state index is -1.32. The Kier molecular flexibility index (Phi) is 6.07. The molecule has 0 bridgehead atoms. The number of hydrogen-bond donors (Lipinski definition) is 2. The van der Waals surface area contributed by atoms with Crippen molar-refractivity contribution in [2.45, 2.75) is 44.7 Å². The van der Waals surface area contributed by atoms with E-state index in [2.05, 4.69) is 18.3 Å². The second-order valence-electron chi connectivity index (χ2n) is 8.60. The highest BCUT2D eigenvalue weighted by atomic mass is 19.1. The van der Waals surface area contributed by atoms with Crippen LogP contribution in [0.5, 0.6) is 5.75 Å². The Morgan fingerprint density at radius 1 is 1.44 bits per heavy atom. The lowest BCUT2D eigenvalue weighted by Gasteiger charge is -2.26. The molecule has 0 radical (unpaired) electrons. The molecule has 32 heavy (non-hydrogen) atoms. The van der Waals surface area contributed by atoms with Gasteiger partial charge in [0, 0.05) is 44.3 Å².